The second kappa shape index (κ2) is 1.73. The van der Waals surface area contributed by atoms with E-state index in [1.54, 1.807) is 6.92 Å². The van der Waals surface area contributed by atoms with Gasteiger partial charge in [0.15, 0.2) is 5.78 Å². The Bertz CT molecular complexity index is 440. The van der Waals surface area contributed by atoms with Crippen LogP contribution in [0.15, 0.2) is 6.20 Å². The molecule has 4 nitrogen and oxygen atoms in total. The standard InChI is InChI=1S/C9H8N2O2/c1-5-10-4-6-7(12)9(2-3-9)8(13)11(5)6/h4H,2-3H2,1H3. The van der Waals surface area contributed by atoms with E-state index in [9.17, 15) is 9.59 Å². The van der Waals surface area contributed by atoms with E-state index >= 15 is 0 Å². The van der Waals surface area contributed by atoms with Crippen LogP contribution in [-0.2, 0) is 0 Å². The zero-order valence-corrected chi connectivity index (χ0v) is 7.20. The molecule has 0 saturated heterocycles. The van der Waals surface area contributed by atoms with Crippen LogP contribution in [0.2, 0.25) is 0 Å². The zero-order chi connectivity index (χ0) is 9.22. The summed E-state index contributed by atoms with van der Waals surface area (Å²) in [7, 11) is 0. The smallest absolute Gasteiger partial charge is 0.246 e. The summed E-state index contributed by atoms with van der Waals surface area (Å²) >= 11 is 0. The van der Waals surface area contributed by atoms with Gasteiger partial charge in [0, 0.05) is 0 Å². The third-order valence-electron chi connectivity index (χ3n) is 2.97. The number of fused-ring (bicyclic) bond motifs is 1. The highest BCUT2D eigenvalue weighted by Crippen LogP contribution is 2.53. The van der Waals surface area contributed by atoms with Gasteiger partial charge >= 0.3 is 0 Å². The topological polar surface area (TPSA) is 52.0 Å². The van der Waals surface area contributed by atoms with Crippen molar-refractivity contribution in [3.8, 4) is 0 Å². The lowest BCUT2D eigenvalue weighted by atomic mass is 10.0. The Labute approximate surface area is 74.6 Å². The summed E-state index contributed by atoms with van der Waals surface area (Å²) in [5.74, 6) is 0.526. The van der Waals surface area contributed by atoms with Gasteiger partial charge in [-0.3, -0.25) is 14.2 Å². The lowest BCUT2D eigenvalue weighted by molar-refractivity contribution is 0.0779. The van der Waals surface area contributed by atoms with Crippen LogP contribution < -0.4 is 0 Å². The van der Waals surface area contributed by atoms with Gasteiger partial charge in [-0.25, -0.2) is 4.98 Å². The van der Waals surface area contributed by atoms with Crippen molar-refractivity contribution < 1.29 is 9.59 Å². The quantitative estimate of drug-likeness (QED) is 0.549. The second-order valence-corrected chi connectivity index (χ2v) is 3.74. The molecular weight excluding hydrogens is 168 g/mol. The first-order chi connectivity index (χ1) is 6.17. The van der Waals surface area contributed by atoms with Crippen LogP contribution in [-0.4, -0.2) is 21.2 Å². The zero-order valence-electron chi connectivity index (χ0n) is 7.20. The van der Waals surface area contributed by atoms with Crippen LogP contribution in [0, 0.1) is 12.3 Å². The number of nitrogens with zero attached hydrogens (tertiary/aromatic N) is 2. The third-order valence-corrected chi connectivity index (χ3v) is 2.97. The SMILES string of the molecule is Cc1ncc2n1C(=O)C1(CC1)C2=O. The number of hydrogen-bond donors (Lipinski definition) is 0. The largest absolute Gasteiger partial charge is 0.291 e. The Morgan fingerprint density at radius 3 is 2.69 bits per heavy atom. The van der Waals surface area contributed by atoms with Crippen LogP contribution in [0.25, 0.3) is 0 Å². The van der Waals surface area contributed by atoms with Crippen LogP contribution in [0.4, 0.5) is 0 Å². The van der Waals surface area contributed by atoms with Crippen LogP contribution in [0.5, 0.6) is 0 Å². The summed E-state index contributed by atoms with van der Waals surface area (Å²) in [6.07, 6.45) is 2.93. The van der Waals surface area contributed by atoms with Crippen molar-refractivity contribution in [2.24, 2.45) is 5.41 Å². The molecule has 1 aromatic rings. The molecule has 1 aliphatic heterocycles. The number of imidazole rings is 1. The number of hydrogen-bond acceptors (Lipinski definition) is 3. The van der Waals surface area contributed by atoms with E-state index in [2.05, 4.69) is 4.98 Å². The second-order valence-electron chi connectivity index (χ2n) is 3.74. The molecule has 2 heterocycles. The number of ketones is 1. The van der Waals surface area contributed by atoms with Crippen LogP contribution >= 0.6 is 0 Å². The van der Waals surface area contributed by atoms with Crippen LogP contribution in [0.1, 0.15) is 33.9 Å². The summed E-state index contributed by atoms with van der Waals surface area (Å²) in [5, 5.41) is 0. The first-order valence-corrected chi connectivity index (χ1v) is 4.31. The molecule has 0 amide bonds. The molecule has 1 spiro atoms. The molecule has 13 heavy (non-hydrogen) atoms. The number of carbonyl (C=O) groups excluding carboxylic acids is 2. The lowest BCUT2D eigenvalue weighted by Gasteiger charge is -2.00. The van der Waals surface area contributed by atoms with E-state index in [-0.39, 0.29) is 11.7 Å². The Morgan fingerprint density at radius 2 is 2.15 bits per heavy atom. The molecule has 1 saturated carbocycles. The Kier molecular flexibility index (Phi) is 0.934. The van der Waals surface area contributed by atoms with E-state index in [1.807, 2.05) is 0 Å². The molecule has 0 aromatic carbocycles. The predicted octanol–water partition coefficient (Wildman–Crippen LogP) is 0.808. The van der Waals surface area contributed by atoms with Gasteiger partial charge in [0.1, 0.15) is 16.9 Å². The number of carbonyl (C=O) groups is 2. The van der Waals surface area contributed by atoms with Gasteiger partial charge in [-0.2, -0.15) is 0 Å². The fraction of sp³-hybridized carbons (Fsp3) is 0.444. The van der Waals surface area contributed by atoms with E-state index in [0.29, 0.717) is 24.4 Å². The van der Waals surface area contributed by atoms with Gasteiger partial charge < -0.3 is 0 Å². The average Bonchev–Trinajstić information content (AvgIpc) is 2.79. The molecule has 0 atom stereocenters. The molecule has 3 rings (SSSR count). The minimum absolute atomic E-state index is 0.0295. The predicted molar refractivity (Wildman–Crippen MR) is 43.6 cm³/mol. The molecular formula is C9H8N2O2. The molecule has 66 valence electrons. The summed E-state index contributed by atoms with van der Waals surface area (Å²) in [4.78, 5) is 27.5. The molecule has 1 aliphatic carbocycles. The van der Waals surface area contributed by atoms with E-state index < -0.39 is 5.41 Å². The average molecular weight is 176 g/mol. The number of aryl methyl sites for hydroxylation is 1. The highest BCUT2D eigenvalue weighted by Gasteiger charge is 2.62. The number of aromatic nitrogens is 2. The highest BCUT2D eigenvalue weighted by atomic mass is 16.2. The molecule has 0 bridgehead atoms. The summed E-state index contributed by atoms with van der Waals surface area (Å²) < 4.78 is 1.45. The van der Waals surface area contributed by atoms with Crippen LogP contribution in [0.3, 0.4) is 0 Å². The Hall–Kier alpha value is -1.45. The first kappa shape index (κ1) is 7.00. The van der Waals surface area contributed by atoms with Gasteiger partial charge in [-0.05, 0) is 19.8 Å². The lowest BCUT2D eigenvalue weighted by Crippen LogP contribution is -2.19. The minimum atomic E-state index is -0.664. The minimum Gasteiger partial charge on any atom is -0.291 e. The van der Waals surface area contributed by atoms with Gasteiger partial charge in [0.25, 0.3) is 0 Å². The van der Waals surface area contributed by atoms with Crippen molar-refractivity contribution in [3.05, 3.63) is 17.7 Å². The fourth-order valence-corrected chi connectivity index (χ4v) is 1.98. The summed E-state index contributed by atoms with van der Waals surface area (Å²) in [6, 6.07) is 0. The summed E-state index contributed by atoms with van der Waals surface area (Å²) in [5.41, 5.74) is -0.191. The first-order valence-electron chi connectivity index (χ1n) is 4.31. The van der Waals surface area contributed by atoms with Gasteiger partial charge in [-0.1, -0.05) is 0 Å². The number of Topliss-reactive ketones (excluding diaryl/α,β-unsaturated/α-hetero) is 1. The monoisotopic (exact) mass is 176 g/mol. The van der Waals surface area contributed by atoms with Gasteiger partial charge in [-0.15, -0.1) is 0 Å². The maximum absolute atomic E-state index is 11.8. The van der Waals surface area contributed by atoms with Crippen molar-refractivity contribution in [2.45, 2.75) is 19.8 Å². The van der Waals surface area contributed by atoms with E-state index in [1.165, 1.54) is 10.8 Å². The maximum Gasteiger partial charge on any atom is 0.246 e. The maximum atomic E-state index is 11.8. The van der Waals surface area contributed by atoms with Crippen molar-refractivity contribution >= 4 is 11.7 Å². The molecule has 0 radical (unpaired) electrons. The van der Waals surface area contributed by atoms with Crippen molar-refractivity contribution in [2.75, 3.05) is 0 Å². The Balaban J connectivity index is 2.31. The van der Waals surface area contributed by atoms with Gasteiger partial charge in [0.05, 0.1) is 6.20 Å². The molecule has 0 N–H and O–H groups in total. The van der Waals surface area contributed by atoms with Crippen molar-refractivity contribution in [1.82, 2.24) is 9.55 Å². The normalized spacial score (nSPS) is 22.5. The van der Waals surface area contributed by atoms with Gasteiger partial charge in [0.2, 0.25) is 5.91 Å². The van der Waals surface area contributed by atoms with E-state index in [0.717, 1.165) is 0 Å². The molecule has 2 aliphatic rings. The molecule has 1 aromatic heterocycles. The molecule has 1 fully saturated rings. The number of rotatable bonds is 0. The summed E-state index contributed by atoms with van der Waals surface area (Å²) in [6.45, 7) is 1.75. The highest BCUT2D eigenvalue weighted by molar-refractivity contribution is 6.22. The van der Waals surface area contributed by atoms with Crippen molar-refractivity contribution in [1.29, 1.82) is 0 Å². The fourth-order valence-electron chi connectivity index (χ4n) is 1.98. The Morgan fingerprint density at radius 1 is 1.46 bits per heavy atom. The van der Waals surface area contributed by atoms with E-state index in [4.69, 9.17) is 0 Å². The molecule has 0 unspecified atom stereocenters. The third kappa shape index (κ3) is 0.577. The molecule has 4 heteroatoms. The van der Waals surface area contributed by atoms with Crippen molar-refractivity contribution in [3.63, 3.8) is 0 Å².